The van der Waals surface area contributed by atoms with Gasteiger partial charge in [-0.3, -0.25) is 4.79 Å². The fraction of sp³-hybridized carbons (Fsp3) is 0.292. The second-order valence-electron chi connectivity index (χ2n) is 7.55. The molecule has 9 heteroatoms. The molecule has 8 nitrogen and oxygen atoms in total. The van der Waals surface area contributed by atoms with Gasteiger partial charge < -0.3 is 20.1 Å². The number of nitrogens with zero attached hydrogens (tertiary/aromatic N) is 3. The van der Waals surface area contributed by atoms with Crippen molar-refractivity contribution in [3.05, 3.63) is 64.9 Å². The van der Waals surface area contributed by atoms with Crippen molar-refractivity contribution in [3.8, 4) is 11.5 Å². The van der Waals surface area contributed by atoms with Crippen LogP contribution < -0.4 is 20.1 Å². The Morgan fingerprint density at radius 2 is 1.91 bits per heavy atom. The van der Waals surface area contributed by atoms with E-state index < -0.39 is 6.04 Å². The molecule has 4 rings (SSSR count). The first-order valence-electron chi connectivity index (χ1n) is 10.6. The van der Waals surface area contributed by atoms with Crippen molar-refractivity contribution in [1.82, 2.24) is 14.8 Å². The molecule has 1 aliphatic rings. The summed E-state index contributed by atoms with van der Waals surface area (Å²) in [5, 5.41) is 11.7. The number of hydrogen-bond donors (Lipinski definition) is 2. The minimum Gasteiger partial charge on any atom is -0.493 e. The third kappa shape index (κ3) is 4.41. The van der Waals surface area contributed by atoms with E-state index in [0.717, 1.165) is 22.6 Å². The van der Waals surface area contributed by atoms with Gasteiger partial charge in [-0.2, -0.15) is 4.98 Å². The molecule has 2 aromatic carbocycles. The van der Waals surface area contributed by atoms with Crippen molar-refractivity contribution < 1.29 is 14.3 Å². The van der Waals surface area contributed by atoms with Gasteiger partial charge in [0.05, 0.1) is 19.8 Å². The van der Waals surface area contributed by atoms with Crippen LogP contribution in [0.15, 0.2) is 58.9 Å². The zero-order chi connectivity index (χ0) is 23.5. The lowest BCUT2D eigenvalue weighted by Crippen LogP contribution is -2.31. The quantitative estimate of drug-likeness (QED) is 0.491. The number of carbonyl (C=O) groups is 1. The third-order valence-electron chi connectivity index (χ3n) is 5.47. The van der Waals surface area contributed by atoms with E-state index in [2.05, 4.69) is 22.5 Å². The standard InChI is InChI=1S/C24H27N5O3S/c1-6-33-24-27-23-25-15(3)20(22(30)26-17-10-8-7-9-14(17)2)21(29(23)28-24)16-11-12-18(31-4)19(13-16)32-5/h7-13,21H,6H2,1-5H3,(H,26,30)(H,25,27,28)/t21-/m1/s1. The van der Waals surface area contributed by atoms with E-state index >= 15 is 0 Å². The van der Waals surface area contributed by atoms with Gasteiger partial charge in [0.15, 0.2) is 11.5 Å². The molecular formula is C24H27N5O3S. The Morgan fingerprint density at radius 3 is 2.61 bits per heavy atom. The predicted octanol–water partition coefficient (Wildman–Crippen LogP) is 4.64. The molecule has 2 N–H and O–H groups in total. The highest BCUT2D eigenvalue weighted by Crippen LogP contribution is 2.39. The van der Waals surface area contributed by atoms with Crippen LogP contribution in [0.5, 0.6) is 11.5 Å². The zero-order valence-corrected chi connectivity index (χ0v) is 20.1. The van der Waals surface area contributed by atoms with Gasteiger partial charge in [-0.25, -0.2) is 4.68 Å². The summed E-state index contributed by atoms with van der Waals surface area (Å²) in [5.41, 5.74) is 3.85. The predicted molar refractivity (Wildman–Crippen MR) is 130 cm³/mol. The molecule has 0 saturated heterocycles. The van der Waals surface area contributed by atoms with Gasteiger partial charge in [0, 0.05) is 11.4 Å². The second kappa shape index (κ2) is 9.58. The van der Waals surface area contributed by atoms with E-state index in [4.69, 9.17) is 14.6 Å². The first kappa shape index (κ1) is 22.7. The van der Waals surface area contributed by atoms with Crippen molar-refractivity contribution in [1.29, 1.82) is 0 Å². The molecule has 0 fully saturated rings. The first-order valence-corrected chi connectivity index (χ1v) is 11.6. The highest BCUT2D eigenvalue weighted by molar-refractivity contribution is 7.99. The number of para-hydroxylation sites is 1. The number of allylic oxidation sites excluding steroid dienone is 1. The lowest BCUT2D eigenvalue weighted by atomic mass is 9.94. The average molecular weight is 466 g/mol. The molecule has 1 amide bonds. The summed E-state index contributed by atoms with van der Waals surface area (Å²) >= 11 is 1.55. The van der Waals surface area contributed by atoms with Crippen LogP contribution in [0.1, 0.15) is 31.0 Å². The number of fused-ring (bicyclic) bond motifs is 1. The molecule has 1 atom stereocenters. The average Bonchev–Trinajstić information content (AvgIpc) is 3.21. The Kier molecular flexibility index (Phi) is 6.60. The molecule has 0 bridgehead atoms. The van der Waals surface area contributed by atoms with E-state index in [1.54, 1.807) is 30.7 Å². The number of benzene rings is 2. The van der Waals surface area contributed by atoms with Crippen molar-refractivity contribution in [2.75, 3.05) is 30.6 Å². The molecule has 0 unspecified atom stereocenters. The van der Waals surface area contributed by atoms with Gasteiger partial charge in [0.2, 0.25) is 11.1 Å². The minimum atomic E-state index is -0.496. The monoisotopic (exact) mass is 465 g/mol. The zero-order valence-electron chi connectivity index (χ0n) is 19.3. The van der Waals surface area contributed by atoms with Gasteiger partial charge in [0.1, 0.15) is 6.04 Å². The largest absolute Gasteiger partial charge is 0.493 e. The highest BCUT2D eigenvalue weighted by Gasteiger charge is 2.35. The van der Waals surface area contributed by atoms with Gasteiger partial charge in [0.25, 0.3) is 5.91 Å². The number of rotatable bonds is 7. The van der Waals surface area contributed by atoms with Crippen LogP contribution in [-0.4, -0.2) is 40.6 Å². The summed E-state index contributed by atoms with van der Waals surface area (Å²) in [4.78, 5) is 18.2. The number of thioether (sulfide) groups is 1. The van der Waals surface area contributed by atoms with E-state index in [1.807, 2.05) is 56.3 Å². The molecular weight excluding hydrogens is 438 g/mol. The number of nitrogens with one attached hydrogen (secondary N) is 2. The summed E-state index contributed by atoms with van der Waals surface area (Å²) in [6.45, 7) is 5.89. The van der Waals surface area contributed by atoms with Gasteiger partial charge in [-0.05, 0) is 48.9 Å². The Hall–Kier alpha value is -3.46. The number of hydrogen-bond acceptors (Lipinski definition) is 7. The normalized spacial score (nSPS) is 15.0. The highest BCUT2D eigenvalue weighted by atomic mass is 32.2. The van der Waals surface area contributed by atoms with E-state index in [1.165, 1.54) is 0 Å². The number of ether oxygens (including phenoxy) is 2. The molecule has 33 heavy (non-hydrogen) atoms. The lowest BCUT2D eigenvalue weighted by Gasteiger charge is -2.29. The fourth-order valence-corrected chi connectivity index (χ4v) is 4.40. The smallest absolute Gasteiger partial charge is 0.255 e. The van der Waals surface area contributed by atoms with E-state index in [9.17, 15) is 4.79 Å². The fourth-order valence-electron chi connectivity index (χ4n) is 3.85. The third-order valence-corrected chi connectivity index (χ3v) is 6.19. The van der Waals surface area contributed by atoms with Crippen molar-refractivity contribution in [2.45, 2.75) is 32.0 Å². The number of aryl methyl sites for hydroxylation is 1. The molecule has 0 saturated carbocycles. The molecule has 0 spiro atoms. The van der Waals surface area contributed by atoms with E-state index in [0.29, 0.717) is 33.9 Å². The van der Waals surface area contributed by atoms with Crippen molar-refractivity contribution >= 4 is 29.3 Å². The van der Waals surface area contributed by atoms with Crippen LogP contribution in [0.3, 0.4) is 0 Å². The van der Waals surface area contributed by atoms with Crippen LogP contribution >= 0.6 is 11.8 Å². The molecule has 1 aliphatic heterocycles. The lowest BCUT2D eigenvalue weighted by molar-refractivity contribution is -0.113. The maximum absolute atomic E-state index is 13.6. The molecule has 3 aromatic rings. The molecule has 1 aromatic heterocycles. The van der Waals surface area contributed by atoms with Crippen LogP contribution in [0.4, 0.5) is 11.6 Å². The Balaban J connectivity index is 1.82. The maximum Gasteiger partial charge on any atom is 0.255 e. The molecule has 2 heterocycles. The van der Waals surface area contributed by atoms with Crippen LogP contribution in [0.25, 0.3) is 0 Å². The summed E-state index contributed by atoms with van der Waals surface area (Å²) < 4.78 is 12.7. The Bertz CT molecular complexity index is 1220. The Labute approximate surface area is 197 Å². The Morgan fingerprint density at radius 1 is 1.15 bits per heavy atom. The second-order valence-corrected chi connectivity index (χ2v) is 8.78. The van der Waals surface area contributed by atoms with E-state index in [-0.39, 0.29) is 5.91 Å². The summed E-state index contributed by atoms with van der Waals surface area (Å²) in [6, 6.07) is 12.8. The van der Waals surface area contributed by atoms with Gasteiger partial charge in [-0.15, -0.1) is 5.10 Å². The van der Waals surface area contributed by atoms with Crippen LogP contribution in [0.2, 0.25) is 0 Å². The number of anilines is 2. The summed E-state index contributed by atoms with van der Waals surface area (Å²) in [5.74, 6) is 2.42. The van der Waals surface area contributed by atoms with Crippen LogP contribution in [-0.2, 0) is 4.79 Å². The van der Waals surface area contributed by atoms with Gasteiger partial charge in [-0.1, -0.05) is 43.0 Å². The van der Waals surface area contributed by atoms with Gasteiger partial charge >= 0.3 is 0 Å². The van der Waals surface area contributed by atoms with Crippen molar-refractivity contribution in [3.63, 3.8) is 0 Å². The number of methoxy groups -OCH3 is 2. The number of amides is 1. The maximum atomic E-state index is 13.6. The topological polar surface area (TPSA) is 90.3 Å². The minimum absolute atomic E-state index is 0.208. The molecule has 172 valence electrons. The first-order chi connectivity index (χ1) is 16.0. The number of aromatic nitrogens is 3. The van der Waals surface area contributed by atoms with Crippen molar-refractivity contribution in [2.24, 2.45) is 0 Å². The van der Waals surface area contributed by atoms with Crippen LogP contribution in [0, 0.1) is 6.92 Å². The molecule has 0 radical (unpaired) electrons. The summed E-state index contributed by atoms with van der Waals surface area (Å²) in [7, 11) is 3.19. The number of carbonyl (C=O) groups excluding carboxylic acids is 1. The summed E-state index contributed by atoms with van der Waals surface area (Å²) in [6.07, 6.45) is 0. The SMILES string of the molecule is CCSc1nc2n(n1)[C@H](c1ccc(OC)c(OC)c1)C(C(=O)Nc1ccccc1C)=C(C)N2. The molecule has 0 aliphatic carbocycles.